The van der Waals surface area contributed by atoms with Crippen molar-refractivity contribution in [3.05, 3.63) is 28.3 Å². The molecule has 0 amide bonds. The number of hydrogen-bond acceptors (Lipinski definition) is 2. The first-order valence-electron chi connectivity index (χ1n) is 6.24. The summed E-state index contributed by atoms with van der Waals surface area (Å²) >= 11 is 0. The second-order valence-corrected chi connectivity index (χ2v) is 5.43. The molecule has 94 valence electrons. The Balaban J connectivity index is 2.43. The first-order valence-corrected chi connectivity index (χ1v) is 6.24. The summed E-state index contributed by atoms with van der Waals surface area (Å²) in [7, 11) is 1.73. The van der Waals surface area contributed by atoms with E-state index in [2.05, 4.69) is 33.8 Å². The van der Waals surface area contributed by atoms with Gasteiger partial charge in [0.1, 0.15) is 11.4 Å². The number of benzene rings is 1. The van der Waals surface area contributed by atoms with Gasteiger partial charge in [0.15, 0.2) is 0 Å². The molecule has 1 aromatic rings. The predicted octanol–water partition coefficient (Wildman–Crippen LogP) is 3.34. The Kier molecular flexibility index (Phi) is 3.17. The molecule has 0 N–H and O–H groups in total. The summed E-state index contributed by atoms with van der Waals surface area (Å²) in [5, 5.41) is 0. The van der Waals surface area contributed by atoms with E-state index in [0.29, 0.717) is 6.61 Å². The van der Waals surface area contributed by atoms with Crippen LogP contribution in [-0.4, -0.2) is 19.3 Å². The Morgan fingerprint density at radius 3 is 2.65 bits per heavy atom. The predicted molar refractivity (Wildman–Crippen MR) is 69.9 cm³/mol. The Hall–Kier alpha value is -1.02. The lowest BCUT2D eigenvalue weighted by atomic mass is 9.88. The van der Waals surface area contributed by atoms with Gasteiger partial charge in [0.25, 0.3) is 0 Å². The van der Waals surface area contributed by atoms with Crippen LogP contribution in [0.25, 0.3) is 0 Å². The third-order valence-corrected chi connectivity index (χ3v) is 3.82. The van der Waals surface area contributed by atoms with E-state index >= 15 is 0 Å². The lowest BCUT2D eigenvalue weighted by Gasteiger charge is -2.37. The zero-order valence-electron chi connectivity index (χ0n) is 11.5. The molecule has 1 heterocycles. The lowest BCUT2D eigenvalue weighted by Crippen LogP contribution is -2.41. The van der Waals surface area contributed by atoms with E-state index < -0.39 is 0 Å². The molecule has 2 nitrogen and oxygen atoms in total. The second kappa shape index (κ2) is 4.34. The molecule has 2 heteroatoms. The minimum atomic E-state index is -0.174. The summed E-state index contributed by atoms with van der Waals surface area (Å²) in [6.45, 7) is 9.25. The highest BCUT2D eigenvalue weighted by atomic mass is 16.5. The molecule has 0 saturated heterocycles. The smallest absolute Gasteiger partial charge is 0.130 e. The molecule has 0 aliphatic carbocycles. The van der Waals surface area contributed by atoms with E-state index in [1.54, 1.807) is 7.11 Å². The van der Waals surface area contributed by atoms with Crippen molar-refractivity contribution in [2.75, 3.05) is 13.7 Å². The molecule has 0 aromatic heterocycles. The van der Waals surface area contributed by atoms with Crippen LogP contribution in [-0.2, 0) is 11.2 Å². The highest BCUT2D eigenvalue weighted by Gasteiger charge is 2.33. The van der Waals surface area contributed by atoms with Crippen LogP contribution in [0, 0.1) is 20.8 Å². The summed E-state index contributed by atoms with van der Waals surface area (Å²) < 4.78 is 11.5. The molecule has 2 rings (SSSR count). The largest absolute Gasteiger partial charge is 0.485 e. The molecule has 1 unspecified atom stereocenters. The number of hydrogen-bond donors (Lipinski definition) is 0. The third kappa shape index (κ3) is 2.19. The molecule has 1 aliphatic rings. The number of methoxy groups -OCH3 is 1. The molecule has 0 bridgehead atoms. The van der Waals surface area contributed by atoms with E-state index in [1.165, 1.54) is 22.3 Å². The van der Waals surface area contributed by atoms with Gasteiger partial charge in [-0.25, -0.2) is 0 Å². The molecular weight excluding hydrogens is 212 g/mol. The zero-order chi connectivity index (χ0) is 12.6. The van der Waals surface area contributed by atoms with Crippen LogP contribution in [0.15, 0.2) is 6.07 Å². The number of fused-ring (bicyclic) bond motifs is 1. The van der Waals surface area contributed by atoms with Crippen LogP contribution in [0.5, 0.6) is 5.75 Å². The van der Waals surface area contributed by atoms with E-state index in [4.69, 9.17) is 9.47 Å². The maximum Gasteiger partial charge on any atom is 0.130 e. The molecule has 0 saturated carbocycles. The fourth-order valence-electron chi connectivity index (χ4n) is 2.65. The van der Waals surface area contributed by atoms with Crippen LogP contribution in [0.2, 0.25) is 0 Å². The summed E-state index contributed by atoms with van der Waals surface area (Å²) in [4.78, 5) is 0. The van der Waals surface area contributed by atoms with E-state index in [-0.39, 0.29) is 5.60 Å². The average molecular weight is 234 g/mol. The Morgan fingerprint density at radius 2 is 2.00 bits per heavy atom. The van der Waals surface area contributed by atoms with Crippen molar-refractivity contribution in [2.45, 2.75) is 46.1 Å². The number of aryl methyl sites for hydroxylation is 2. The normalized spacial score (nSPS) is 23.1. The maximum atomic E-state index is 6.23. The van der Waals surface area contributed by atoms with Gasteiger partial charge in [-0.2, -0.15) is 0 Å². The van der Waals surface area contributed by atoms with Gasteiger partial charge in [0.05, 0.1) is 6.61 Å². The molecule has 0 fully saturated rings. The Bertz CT molecular complexity index is 437. The first kappa shape index (κ1) is 12.4. The standard InChI is InChI=1S/C15H22O2/c1-10-8-11(2)13-6-7-15(4,9-16-5)17-14(13)12(10)3/h8H,6-7,9H2,1-5H3. The molecule has 1 atom stereocenters. The van der Waals surface area contributed by atoms with Gasteiger partial charge in [0, 0.05) is 7.11 Å². The third-order valence-electron chi connectivity index (χ3n) is 3.82. The van der Waals surface area contributed by atoms with E-state index in [0.717, 1.165) is 18.6 Å². The van der Waals surface area contributed by atoms with Crippen molar-refractivity contribution in [1.82, 2.24) is 0 Å². The first-order chi connectivity index (χ1) is 7.97. The van der Waals surface area contributed by atoms with Crippen LogP contribution in [0.1, 0.15) is 35.6 Å². The molecule has 1 aromatic carbocycles. The highest BCUT2D eigenvalue weighted by Crippen LogP contribution is 2.39. The minimum Gasteiger partial charge on any atom is -0.485 e. The molecule has 17 heavy (non-hydrogen) atoms. The minimum absolute atomic E-state index is 0.174. The fraction of sp³-hybridized carbons (Fsp3) is 0.600. The van der Waals surface area contributed by atoms with Crippen LogP contribution in [0.4, 0.5) is 0 Å². The van der Waals surface area contributed by atoms with Crippen molar-refractivity contribution in [3.8, 4) is 5.75 Å². The maximum absolute atomic E-state index is 6.23. The Morgan fingerprint density at radius 1 is 1.29 bits per heavy atom. The summed E-state index contributed by atoms with van der Waals surface area (Å²) in [5.74, 6) is 1.09. The Labute approximate surface area is 104 Å². The molecule has 1 aliphatic heterocycles. The second-order valence-electron chi connectivity index (χ2n) is 5.43. The van der Waals surface area contributed by atoms with Crippen molar-refractivity contribution in [2.24, 2.45) is 0 Å². The van der Waals surface area contributed by atoms with Crippen molar-refractivity contribution in [3.63, 3.8) is 0 Å². The van der Waals surface area contributed by atoms with Crippen LogP contribution < -0.4 is 4.74 Å². The summed E-state index contributed by atoms with van der Waals surface area (Å²) in [6.07, 6.45) is 2.11. The summed E-state index contributed by atoms with van der Waals surface area (Å²) in [6, 6.07) is 2.26. The van der Waals surface area contributed by atoms with Crippen molar-refractivity contribution >= 4 is 0 Å². The number of rotatable bonds is 2. The van der Waals surface area contributed by atoms with Gasteiger partial charge in [-0.15, -0.1) is 0 Å². The van der Waals surface area contributed by atoms with Gasteiger partial charge in [-0.3, -0.25) is 0 Å². The van der Waals surface area contributed by atoms with Crippen LogP contribution >= 0.6 is 0 Å². The van der Waals surface area contributed by atoms with Crippen molar-refractivity contribution in [1.29, 1.82) is 0 Å². The summed E-state index contributed by atoms with van der Waals surface area (Å²) in [5.41, 5.74) is 5.13. The SMILES string of the molecule is COCC1(C)CCc2c(C)cc(C)c(C)c2O1. The monoisotopic (exact) mass is 234 g/mol. The van der Waals surface area contributed by atoms with Gasteiger partial charge in [-0.1, -0.05) is 6.07 Å². The van der Waals surface area contributed by atoms with Crippen molar-refractivity contribution < 1.29 is 9.47 Å². The highest BCUT2D eigenvalue weighted by molar-refractivity contribution is 5.51. The topological polar surface area (TPSA) is 18.5 Å². The fourth-order valence-corrected chi connectivity index (χ4v) is 2.65. The molecule has 0 radical (unpaired) electrons. The zero-order valence-corrected chi connectivity index (χ0v) is 11.5. The average Bonchev–Trinajstić information content (AvgIpc) is 2.26. The lowest BCUT2D eigenvalue weighted by molar-refractivity contribution is -0.0111. The van der Waals surface area contributed by atoms with Gasteiger partial charge in [0.2, 0.25) is 0 Å². The van der Waals surface area contributed by atoms with Crippen LogP contribution in [0.3, 0.4) is 0 Å². The van der Waals surface area contributed by atoms with E-state index in [9.17, 15) is 0 Å². The quantitative estimate of drug-likeness (QED) is 0.781. The molecular formula is C15H22O2. The van der Waals surface area contributed by atoms with E-state index in [1.807, 2.05) is 0 Å². The van der Waals surface area contributed by atoms with Gasteiger partial charge < -0.3 is 9.47 Å². The van der Waals surface area contributed by atoms with Gasteiger partial charge in [-0.05, 0) is 62.8 Å². The number of ether oxygens (including phenoxy) is 2. The van der Waals surface area contributed by atoms with Gasteiger partial charge >= 0.3 is 0 Å². The molecule has 0 spiro atoms.